The Morgan fingerprint density at radius 2 is 0.642 bits per heavy atom. The fourth-order valence-electron chi connectivity index (χ4n) is 4.37. The molecule has 0 aromatic heterocycles. The zero-order chi connectivity index (χ0) is 38.6. The number of hydrogen-bond acceptors (Lipinski definition) is 15. The van der Waals surface area contributed by atoms with Crippen LogP contribution >= 0.6 is 0 Å². The number of carbonyl (C=O) groups is 2. The minimum atomic E-state index is -0.163. The van der Waals surface area contributed by atoms with Crippen molar-refractivity contribution in [1.82, 2.24) is 0 Å². The number of esters is 2. The second-order valence-corrected chi connectivity index (χ2v) is 11.8. The van der Waals surface area contributed by atoms with Crippen LogP contribution in [0, 0.1) is 5.92 Å². The van der Waals surface area contributed by atoms with E-state index in [1.807, 2.05) is 6.92 Å². The van der Waals surface area contributed by atoms with Crippen LogP contribution in [0.5, 0.6) is 0 Å². The van der Waals surface area contributed by atoms with Crippen molar-refractivity contribution in [1.29, 1.82) is 0 Å². The third kappa shape index (κ3) is 41.5. The molecule has 0 rings (SSSR count). The molecule has 0 heterocycles. The van der Waals surface area contributed by atoms with E-state index in [1.165, 1.54) is 0 Å². The normalized spacial score (nSPS) is 12.0. The zero-order valence-corrected chi connectivity index (χ0v) is 33.3. The van der Waals surface area contributed by atoms with E-state index >= 15 is 0 Å². The molecule has 0 saturated heterocycles. The van der Waals surface area contributed by atoms with Gasteiger partial charge in [-0.25, -0.2) is 0 Å². The van der Waals surface area contributed by atoms with Gasteiger partial charge in [0.25, 0.3) is 0 Å². The van der Waals surface area contributed by atoms with Gasteiger partial charge in [-0.05, 0) is 19.3 Å². The molecule has 15 heteroatoms. The minimum Gasteiger partial charge on any atom is -0.463 e. The van der Waals surface area contributed by atoms with Crippen molar-refractivity contribution in [3.8, 4) is 0 Å². The fraction of sp³-hybridized carbons (Fsp3) is 0.947. The van der Waals surface area contributed by atoms with Gasteiger partial charge in [-0.15, -0.1) is 0 Å². The lowest BCUT2D eigenvalue weighted by molar-refractivity contribution is -0.150. The Hall–Kier alpha value is -1.50. The summed E-state index contributed by atoms with van der Waals surface area (Å²) in [5.74, 6) is -0.293. The fourth-order valence-corrected chi connectivity index (χ4v) is 4.37. The molecule has 0 bridgehead atoms. The minimum absolute atomic E-state index is 0.00761. The average molecular weight is 771 g/mol. The maximum absolute atomic E-state index is 12.0. The van der Waals surface area contributed by atoms with E-state index in [9.17, 15) is 9.59 Å². The van der Waals surface area contributed by atoms with Gasteiger partial charge < -0.3 is 61.6 Å². The van der Waals surface area contributed by atoms with Crippen molar-refractivity contribution in [2.75, 3.05) is 159 Å². The highest BCUT2D eigenvalue weighted by molar-refractivity contribution is 5.72. The maximum Gasteiger partial charge on any atom is 0.308 e. The van der Waals surface area contributed by atoms with Gasteiger partial charge in [-0.2, -0.15) is 0 Å². The molecule has 0 amide bonds. The van der Waals surface area contributed by atoms with Crippen LogP contribution in [-0.2, 0) is 71.2 Å². The van der Waals surface area contributed by atoms with Crippen LogP contribution in [0.25, 0.3) is 0 Å². The Kier molecular flexibility index (Phi) is 43.6. The second-order valence-electron chi connectivity index (χ2n) is 11.8. The predicted octanol–water partition coefficient (Wildman–Crippen LogP) is 4.05. The van der Waals surface area contributed by atoms with Gasteiger partial charge in [0.2, 0.25) is 0 Å². The topological polar surface area (TPSA) is 154 Å². The number of unbranched alkanes of at least 4 members (excludes halogenated alkanes) is 3. The first-order valence-electron chi connectivity index (χ1n) is 19.8. The molecule has 0 aromatic rings. The number of carbonyl (C=O) groups excluding carboxylic acids is 2. The average Bonchev–Trinajstić information content (AvgIpc) is 3.16. The van der Waals surface area contributed by atoms with Crippen molar-refractivity contribution in [2.45, 2.75) is 72.1 Å². The van der Waals surface area contributed by atoms with E-state index in [1.54, 1.807) is 0 Å². The predicted molar refractivity (Wildman–Crippen MR) is 198 cm³/mol. The highest BCUT2D eigenvalue weighted by Gasteiger charge is 2.17. The third-order valence-corrected chi connectivity index (χ3v) is 7.40. The van der Waals surface area contributed by atoms with E-state index in [4.69, 9.17) is 61.6 Å². The Labute approximate surface area is 319 Å². The molecule has 15 nitrogen and oxygen atoms in total. The van der Waals surface area contributed by atoms with Crippen LogP contribution in [0.2, 0.25) is 0 Å². The standard InChI is InChI=1S/C38H74O15/c1-4-7-9-11-37(39)52-34-32-50-30-28-48-26-24-46-22-20-44-18-16-42-14-12-41-13-15-43-17-19-45-21-23-47-25-27-49-29-31-51-33-35-53-38(40)36(6-3)10-8-5-2/h36H,4-35H2,1-3H3. The first kappa shape index (κ1) is 51.5. The summed E-state index contributed by atoms with van der Waals surface area (Å²) >= 11 is 0. The number of rotatable bonds is 45. The van der Waals surface area contributed by atoms with Gasteiger partial charge in [0, 0.05) is 6.42 Å². The highest BCUT2D eigenvalue weighted by Crippen LogP contribution is 2.14. The molecule has 0 aliphatic rings. The summed E-state index contributed by atoms with van der Waals surface area (Å²) in [5.41, 5.74) is 0. The van der Waals surface area contributed by atoms with Crippen molar-refractivity contribution < 1.29 is 71.2 Å². The van der Waals surface area contributed by atoms with Crippen LogP contribution in [0.1, 0.15) is 72.1 Å². The van der Waals surface area contributed by atoms with E-state index in [2.05, 4.69) is 13.8 Å². The van der Waals surface area contributed by atoms with Gasteiger partial charge in [-0.1, -0.05) is 46.5 Å². The lowest BCUT2D eigenvalue weighted by Crippen LogP contribution is -2.20. The Balaban J connectivity index is 3.15. The van der Waals surface area contributed by atoms with Crippen LogP contribution in [0.15, 0.2) is 0 Å². The number of hydrogen-bond donors (Lipinski definition) is 0. The van der Waals surface area contributed by atoms with Crippen molar-refractivity contribution in [3.05, 3.63) is 0 Å². The number of ether oxygens (including phenoxy) is 13. The van der Waals surface area contributed by atoms with E-state index in [-0.39, 0.29) is 31.1 Å². The van der Waals surface area contributed by atoms with Gasteiger partial charge in [0.1, 0.15) is 13.2 Å². The molecular weight excluding hydrogens is 696 g/mol. The summed E-state index contributed by atoms with van der Waals surface area (Å²) in [4.78, 5) is 23.5. The van der Waals surface area contributed by atoms with Gasteiger partial charge in [0.05, 0.1) is 151 Å². The first-order valence-corrected chi connectivity index (χ1v) is 19.8. The summed E-state index contributed by atoms with van der Waals surface area (Å²) < 4.78 is 70.5. The molecule has 1 atom stereocenters. The molecule has 0 saturated carbocycles. The molecule has 0 N–H and O–H groups in total. The van der Waals surface area contributed by atoms with E-state index in [0.29, 0.717) is 152 Å². The van der Waals surface area contributed by atoms with Crippen molar-refractivity contribution in [3.63, 3.8) is 0 Å². The summed E-state index contributed by atoms with van der Waals surface area (Å²) in [7, 11) is 0. The largest absolute Gasteiger partial charge is 0.463 e. The highest BCUT2D eigenvalue weighted by atomic mass is 16.6. The smallest absolute Gasteiger partial charge is 0.308 e. The molecule has 0 aliphatic heterocycles. The summed E-state index contributed by atoms with van der Waals surface area (Å²) in [6.45, 7) is 17.1. The van der Waals surface area contributed by atoms with Crippen molar-refractivity contribution in [2.24, 2.45) is 5.92 Å². The monoisotopic (exact) mass is 771 g/mol. The molecule has 316 valence electrons. The van der Waals surface area contributed by atoms with Crippen LogP contribution < -0.4 is 0 Å². The van der Waals surface area contributed by atoms with Crippen molar-refractivity contribution >= 4 is 11.9 Å². The molecule has 0 aromatic carbocycles. The summed E-state index contributed by atoms with van der Waals surface area (Å²) in [5, 5.41) is 0. The van der Waals surface area contributed by atoms with E-state index < -0.39 is 0 Å². The summed E-state index contributed by atoms with van der Waals surface area (Å²) in [6.07, 6.45) is 7.30. The Morgan fingerprint density at radius 3 is 0.925 bits per heavy atom. The first-order chi connectivity index (χ1) is 26.2. The lowest BCUT2D eigenvalue weighted by Gasteiger charge is -2.13. The van der Waals surface area contributed by atoms with Gasteiger partial charge >= 0.3 is 11.9 Å². The van der Waals surface area contributed by atoms with Gasteiger partial charge in [-0.3, -0.25) is 9.59 Å². The molecule has 53 heavy (non-hydrogen) atoms. The van der Waals surface area contributed by atoms with Crippen LogP contribution in [0.3, 0.4) is 0 Å². The second kappa shape index (κ2) is 44.9. The Morgan fingerprint density at radius 1 is 0.358 bits per heavy atom. The molecule has 0 radical (unpaired) electrons. The zero-order valence-electron chi connectivity index (χ0n) is 33.3. The SMILES string of the molecule is CCCCCC(=O)OCCOCCOCCOCCOCCOCCOCCOCCOCCOCCOCCOCCOC(=O)C(CC)CCCC. The lowest BCUT2D eigenvalue weighted by atomic mass is 10.00. The quantitative estimate of drug-likeness (QED) is 0.0646. The molecule has 0 aliphatic carbocycles. The molecule has 0 spiro atoms. The summed E-state index contributed by atoms with van der Waals surface area (Å²) in [6, 6.07) is 0. The Bertz CT molecular complexity index is 746. The van der Waals surface area contributed by atoms with Crippen LogP contribution in [-0.4, -0.2) is 171 Å². The maximum atomic E-state index is 12.0. The molecule has 0 fully saturated rings. The van der Waals surface area contributed by atoms with Crippen LogP contribution in [0.4, 0.5) is 0 Å². The molecular formula is C38H74O15. The van der Waals surface area contributed by atoms with Gasteiger partial charge in [0.15, 0.2) is 0 Å². The molecule has 1 unspecified atom stereocenters. The third-order valence-electron chi connectivity index (χ3n) is 7.40. The van der Waals surface area contributed by atoms with E-state index in [0.717, 1.165) is 44.9 Å².